The Hall–Kier alpha value is -0.530. The molecule has 10 aliphatic rings. The van der Waals surface area contributed by atoms with Gasteiger partial charge in [0, 0.05) is 6.92 Å². The lowest BCUT2D eigenvalue weighted by Crippen LogP contribution is -2.80. The van der Waals surface area contributed by atoms with Gasteiger partial charge in [0.1, 0.15) is 5.60 Å². The Morgan fingerprint density at radius 3 is 2.14 bits per heavy atom. The highest BCUT2D eigenvalue weighted by Gasteiger charge is 2.80. The summed E-state index contributed by atoms with van der Waals surface area (Å²) in [6.07, 6.45) is 9.90. The molecule has 10 aliphatic carbocycles. The molecule has 0 aromatic carbocycles. The maximum absolute atomic E-state index is 11.8. The zero-order chi connectivity index (χ0) is 14.4. The van der Waals surface area contributed by atoms with Crippen molar-refractivity contribution >= 4 is 5.97 Å². The number of carbonyl (C=O) groups is 1. The van der Waals surface area contributed by atoms with E-state index in [2.05, 4.69) is 0 Å². The van der Waals surface area contributed by atoms with Gasteiger partial charge >= 0.3 is 5.97 Å². The lowest BCUT2D eigenvalue weighted by Gasteiger charge is -2.84. The topological polar surface area (TPSA) is 26.3 Å². The minimum Gasteiger partial charge on any atom is -0.459 e. The van der Waals surface area contributed by atoms with Crippen LogP contribution in [-0.2, 0) is 9.53 Å². The standard InChI is InChI=1S/C20H26O2/c1-9(21)22-19-6-15-12-4-11-13-2-10-3-14(11)18(16(12)7-19)20(5-10,8-19)17(13)15/h10-18H,2-8H2,1H3/t10?,11?,12?,13-,14+,15+,16-,17+,18-,19?,20?. The number of esters is 1. The van der Waals surface area contributed by atoms with Gasteiger partial charge in [-0.2, -0.15) is 0 Å². The van der Waals surface area contributed by atoms with Crippen LogP contribution in [0.25, 0.3) is 0 Å². The number of hydrogen-bond acceptors (Lipinski definition) is 2. The van der Waals surface area contributed by atoms with Gasteiger partial charge in [0.05, 0.1) is 0 Å². The maximum atomic E-state index is 11.8. The normalized spacial score (nSPS) is 70.7. The van der Waals surface area contributed by atoms with Gasteiger partial charge < -0.3 is 4.74 Å². The molecule has 2 heteroatoms. The third kappa shape index (κ3) is 1.00. The predicted octanol–water partition coefficient (Wildman–Crippen LogP) is 3.65. The SMILES string of the molecule is CC(=O)OC12C[C@@H]3C4CC5[C@H]6CC7C[C@@H]5[C@H]3C(C7)(C1)[C@@H]6[C@H]4C2. The molecule has 0 heterocycles. The van der Waals surface area contributed by atoms with Crippen LogP contribution < -0.4 is 0 Å². The number of carbonyl (C=O) groups excluding carboxylic acids is 1. The van der Waals surface area contributed by atoms with E-state index in [9.17, 15) is 4.79 Å². The monoisotopic (exact) mass is 298 g/mol. The first kappa shape index (κ1) is 11.9. The molecule has 0 saturated heterocycles. The summed E-state index contributed by atoms with van der Waals surface area (Å²) >= 11 is 0. The molecular formula is C20H26O2. The summed E-state index contributed by atoms with van der Waals surface area (Å²) < 4.78 is 6.08. The molecule has 10 fully saturated rings. The Kier molecular flexibility index (Phi) is 1.72. The Morgan fingerprint density at radius 1 is 0.864 bits per heavy atom. The molecular weight excluding hydrogens is 272 g/mol. The lowest BCUT2D eigenvalue weighted by atomic mass is 9.21. The van der Waals surface area contributed by atoms with Gasteiger partial charge in [-0.25, -0.2) is 0 Å². The molecule has 0 aromatic heterocycles. The van der Waals surface area contributed by atoms with Crippen LogP contribution in [0.2, 0.25) is 0 Å². The highest BCUT2D eigenvalue weighted by atomic mass is 16.6. The minimum absolute atomic E-state index is 0.0208. The van der Waals surface area contributed by atoms with Crippen molar-refractivity contribution < 1.29 is 9.53 Å². The van der Waals surface area contributed by atoms with Crippen LogP contribution in [0.1, 0.15) is 51.9 Å². The van der Waals surface area contributed by atoms with Crippen molar-refractivity contribution in [3.05, 3.63) is 0 Å². The van der Waals surface area contributed by atoms with Gasteiger partial charge in [0.2, 0.25) is 0 Å². The average Bonchev–Trinajstić information content (AvgIpc) is 2.43. The minimum atomic E-state index is -0.0385. The van der Waals surface area contributed by atoms with Gasteiger partial charge in [-0.05, 0) is 104 Å². The highest BCUT2D eigenvalue weighted by Crippen LogP contribution is 2.85. The molecule has 0 amide bonds. The van der Waals surface area contributed by atoms with E-state index in [-0.39, 0.29) is 11.6 Å². The molecule has 0 N–H and O–H groups in total. The van der Waals surface area contributed by atoms with Gasteiger partial charge in [-0.1, -0.05) is 0 Å². The predicted molar refractivity (Wildman–Crippen MR) is 80.7 cm³/mol. The van der Waals surface area contributed by atoms with Gasteiger partial charge in [-0.15, -0.1) is 0 Å². The molecule has 11 atom stereocenters. The highest BCUT2D eigenvalue weighted by molar-refractivity contribution is 5.66. The van der Waals surface area contributed by atoms with Crippen LogP contribution >= 0.6 is 0 Å². The second-order valence-corrected chi connectivity index (χ2v) is 10.4. The van der Waals surface area contributed by atoms with Crippen LogP contribution in [0.15, 0.2) is 0 Å². The maximum Gasteiger partial charge on any atom is 0.303 e. The second kappa shape index (κ2) is 3.17. The summed E-state index contributed by atoms with van der Waals surface area (Å²) in [5.74, 6) is 9.19. The van der Waals surface area contributed by atoms with Crippen LogP contribution in [-0.4, -0.2) is 11.6 Å². The third-order valence-corrected chi connectivity index (χ3v) is 10.0. The van der Waals surface area contributed by atoms with E-state index < -0.39 is 0 Å². The first-order valence-electron chi connectivity index (χ1n) is 9.80. The van der Waals surface area contributed by atoms with E-state index >= 15 is 0 Å². The summed E-state index contributed by atoms with van der Waals surface area (Å²) in [6, 6.07) is 0. The van der Waals surface area contributed by atoms with E-state index in [0.717, 1.165) is 53.3 Å². The summed E-state index contributed by atoms with van der Waals surface area (Å²) in [4.78, 5) is 11.8. The van der Waals surface area contributed by atoms with Crippen molar-refractivity contribution in [2.45, 2.75) is 57.5 Å². The first-order valence-corrected chi connectivity index (χ1v) is 9.80. The Labute approximate surface area is 132 Å². The lowest BCUT2D eigenvalue weighted by molar-refractivity contribution is -0.372. The summed E-state index contributed by atoms with van der Waals surface area (Å²) in [6.45, 7) is 1.64. The zero-order valence-electron chi connectivity index (χ0n) is 13.5. The fourth-order valence-corrected chi connectivity index (χ4v) is 10.7. The summed E-state index contributed by atoms with van der Waals surface area (Å²) in [7, 11) is 0. The van der Waals surface area contributed by atoms with Crippen LogP contribution in [0, 0.1) is 58.7 Å². The van der Waals surface area contributed by atoms with Crippen LogP contribution in [0.5, 0.6) is 0 Å². The van der Waals surface area contributed by atoms with Crippen LogP contribution in [0.3, 0.4) is 0 Å². The van der Waals surface area contributed by atoms with Crippen LogP contribution in [0.4, 0.5) is 0 Å². The van der Waals surface area contributed by atoms with Crippen molar-refractivity contribution in [3.63, 3.8) is 0 Å². The molecule has 10 saturated carbocycles. The van der Waals surface area contributed by atoms with Crippen molar-refractivity contribution in [1.82, 2.24) is 0 Å². The van der Waals surface area contributed by atoms with Crippen molar-refractivity contribution in [2.24, 2.45) is 58.7 Å². The van der Waals surface area contributed by atoms with E-state index in [4.69, 9.17) is 4.74 Å². The zero-order valence-corrected chi connectivity index (χ0v) is 13.5. The molecule has 22 heavy (non-hydrogen) atoms. The molecule has 11 bridgehead atoms. The van der Waals surface area contributed by atoms with Gasteiger partial charge in [0.15, 0.2) is 0 Å². The number of hydrogen-bond donors (Lipinski definition) is 0. The quantitative estimate of drug-likeness (QED) is 0.691. The smallest absolute Gasteiger partial charge is 0.303 e. The fraction of sp³-hybridized carbons (Fsp3) is 0.950. The third-order valence-electron chi connectivity index (χ3n) is 10.0. The Balaban J connectivity index is 1.44. The van der Waals surface area contributed by atoms with E-state index in [1.165, 1.54) is 25.7 Å². The van der Waals surface area contributed by atoms with Crippen molar-refractivity contribution in [2.75, 3.05) is 0 Å². The Morgan fingerprint density at radius 2 is 1.50 bits per heavy atom. The summed E-state index contributed by atoms with van der Waals surface area (Å²) in [5, 5.41) is 0. The van der Waals surface area contributed by atoms with Gasteiger partial charge in [0.25, 0.3) is 0 Å². The molecule has 118 valence electrons. The number of ether oxygens (including phenoxy) is 1. The fourth-order valence-electron chi connectivity index (χ4n) is 10.7. The Bertz CT molecular complexity index is 577. The van der Waals surface area contributed by atoms with Crippen molar-refractivity contribution in [3.8, 4) is 0 Å². The van der Waals surface area contributed by atoms with E-state index in [1.807, 2.05) is 0 Å². The average molecular weight is 298 g/mol. The van der Waals surface area contributed by atoms with E-state index in [0.29, 0.717) is 5.41 Å². The number of rotatable bonds is 1. The molecule has 0 aromatic rings. The van der Waals surface area contributed by atoms with E-state index in [1.54, 1.807) is 26.2 Å². The first-order chi connectivity index (χ1) is 10.6. The molecule has 2 nitrogen and oxygen atoms in total. The molecule has 1 spiro atoms. The molecule has 0 aliphatic heterocycles. The largest absolute Gasteiger partial charge is 0.459 e. The molecule has 10 rings (SSSR count). The van der Waals surface area contributed by atoms with Gasteiger partial charge in [-0.3, -0.25) is 4.79 Å². The second-order valence-electron chi connectivity index (χ2n) is 10.4. The molecule has 5 unspecified atom stereocenters. The van der Waals surface area contributed by atoms with Crippen molar-refractivity contribution in [1.29, 1.82) is 0 Å². The molecule has 0 radical (unpaired) electrons. The summed E-state index contributed by atoms with van der Waals surface area (Å²) in [5.41, 5.74) is 0.578.